The van der Waals surface area contributed by atoms with Gasteiger partial charge in [0, 0.05) is 0 Å². The minimum Gasteiger partial charge on any atom is -0.0654 e. The van der Waals surface area contributed by atoms with Crippen molar-refractivity contribution in [1.29, 1.82) is 0 Å². The molecule has 2 rings (SSSR count). The zero-order valence-corrected chi connectivity index (χ0v) is 7.19. The molecule has 0 heteroatoms. The van der Waals surface area contributed by atoms with Gasteiger partial charge in [0.1, 0.15) is 0 Å². The van der Waals surface area contributed by atoms with Crippen molar-refractivity contribution in [2.24, 2.45) is 17.3 Å². The molecule has 3 unspecified atom stereocenters. The smallest absolute Gasteiger partial charge is 0.0235 e. The number of fused-ring (bicyclic) bond motifs is 1. The summed E-state index contributed by atoms with van der Waals surface area (Å²) in [5.74, 6) is 2.32. The van der Waals surface area contributed by atoms with Gasteiger partial charge in [0.15, 0.2) is 0 Å². The van der Waals surface area contributed by atoms with Crippen LogP contribution in [0.1, 0.15) is 46.0 Å². The van der Waals surface area contributed by atoms with Crippen LogP contribution in [0, 0.1) is 17.3 Å². The Kier molecular flexibility index (Phi) is 1.33. The van der Waals surface area contributed by atoms with Gasteiger partial charge in [-0.05, 0) is 36.5 Å². The Labute approximate surface area is 64.0 Å². The Morgan fingerprint density at radius 1 is 1.40 bits per heavy atom. The van der Waals surface area contributed by atoms with E-state index in [9.17, 15) is 0 Å². The van der Waals surface area contributed by atoms with Gasteiger partial charge in [0.25, 0.3) is 0 Å². The normalized spacial score (nSPS) is 49.8. The molecule has 0 aromatic rings. The zero-order valence-electron chi connectivity index (χ0n) is 7.19. The van der Waals surface area contributed by atoms with Crippen LogP contribution in [0.15, 0.2) is 0 Å². The van der Waals surface area contributed by atoms with Crippen LogP contribution in [0.4, 0.5) is 0 Å². The Hall–Kier alpha value is 0. The van der Waals surface area contributed by atoms with Gasteiger partial charge in [-0.3, -0.25) is 0 Å². The molecule has 0 aromatic carbocycles. The van der Waals surface area contributed by atoms with Gasteiger partial charge < -0.3 is 0 Å². The van der Waals surface area contributed by atoms with Gasteiger partial charge in [-0.2, -0.15) is 0 Å². The van der Waals surface area contributed by atoms with E-state index in [0.717, 1.165) is 11.3 Å². The summed E-state index contributed by atoms with van der Waals surface area (Å²) in [5, 5.41) is 0. The molecule has 2 aliphatic carbocycles. The Morgan fingerprint density at radius 2 is 2.20 bits per heavy atom. The summed E-state index contributed by atoms with van der Waals surface area (Å²) in [4.78, 5) is 0. The fourth-order valence-electron chi connectivity index (χ4n) is 3.39. The van der Waals surface area contributed by atoms with Gasteiger partial charge in [-0.15, -0.1) is 0 Å². The average molecular weight is 138 g/mol. The van der Waals surface area contributed by atoms with Crippen LogP contribution in [-0.2, 0) is 0 Å². The van der Waals surface area contributed by atoms with Gasteiger partial charge in [0.05, 0.1) is 0 Å². The standard InChI is InChI=1S/C10H18/c1-3-6-10-7-5-9(10)8(10)4-2/h8-9H,3-7H2,1-2H3. The van der Waals surface area contributed by atoms with Crippen molar-refractivity contribution in [3.05, 3.63) is 0 Å². The molecule has 0 saturated heterocycles. The van der Waals surface area contributed by atoms with E-state index in [0.29, 0.717) is 0 Å². The molecule has 0 spiro atoms. The fourth-order valence-corrected chi connectivity index (χ4v) is 3.39. The molecule has 0 aromatic heterocycles. The maximum atomic E-state index is 2.36. The molecule has 2 fully saturated rings. The molecule has 2 aliphatic rings. The van der Waals surface area contributed by atoms with Crippen LogP contribution in [0.25, 0.3) is 0 Å². The second kappa shape index (κ2) is 1.99. The number of rotatable bonds is 3. The van der Waals surface area contributed by atoms with E-state index >= 15 is 0 Å². The first kappa shape index (κ1) is 6.69. The first-order valence-electron chi connectivity index (χ1n) is 4.85. The van der Waals surface area contributed by atoms with E-state index in [1.54, 1.807) is 12.8 Å². The van der Waals surface area contributed by atoms with Crippen molar-refractivity contribution < 1.29 is 0 Å². The average Bonchev–Trinajstić information content (AvgIpc) is 2.34. The first-order valence-corrected chi connectivity index (χ1v) is 4.85. The van der Waals surface area contributed by atoms with E-state index in [1.165, 1.54) is 25.2 Å². The van der Waals surface area contributed by atoms with Crippen molar-refractivity contribution in [2.45, 2.75) is 46.0 Å². The second-order valence-electron chi connectivity index (χ2n) is 4.14. The highest BCUT2D eigenvalue weighted by atomic mass is 14.7. The summed E-state index contributed by atoms with van der Waals surface area (Å²) in [6.45, 7) is 4.69. The van der Waals surface area contributed by atoms with Crippen molar-refractivity contribution in [3.63, 3.8) is 0 Å². The SMILES string of the molecule is CCCC12CCC1C2CC. The van der Waals surface area contributed by atoms with Crippen molar-refractivity contribution >= 4 is 0 Å². The maximum Gasteiger partial charge on any atom is -0.0235 e. The Morgan fingerprint density at radius 3 is 2.50 bits per heavy atom. The van der Waals surface area contributed by atoms with Crippen LogP contribution in [-0.4, -0.2) is 0 Å². The minimum absolute atomic E-state index is 0.906. The molecule has 0 heterocycles. The van der Waals surface area contributed by atoms with E-state index in [2.05, 4.69) is 13.8 Å². The lowest BCUT2D eigenvalue weighted by Gasteiger charge is -2.24. The Balaban J connectivity index is 1.94. The molecule has 0 bridgehead atoms. The molecule has 0 radical (unpaired) electrons. The third-order valence-corrected chi connectivity index (χ3v) is 3.93. The van der Waals surface area contributed by atoms with Crippen molar-refractivity contribution in [3.8, 4) is 0 Å². The maximum absolute atomic E-state index is 2.36. The van der Waals surface area contributed by atoms with Crippen molar-refractivity contribution in [1.82, 2.24) is 0 Å². The van der Waals surface area contributed by atoms with Crippen LogP contribution in [0.2, 0.25) is 0 Å². The topological polar surface area (TPSA) is 0 Å². The van der Waals surface area contributed by atoms with E-state index in [-0.39, 0.29) is 0 Å². The van der Waals surface area contributed by atoms with Crippen LogP contribution in [0.5, 0.6) is 0 Å². The van der Waals surface area contributed by atoms with E-state index in [1.807, 2.05) is 0 Å². The van der Waals surface area contributed by atoms with Crippen LogP contribution >= 0.6 is 0 Å². The number of hydrogen-bond donors (Lipinski definition) is 0. The summed E-state index contributed by atoms with van der Waals surface area (Å²) in [5.41, 5.74) is 0.906. The predicted octanol–water partition coefficient (Wildman–Crippen LogP) is 3.22. The lowest BCUT2D eigenvalue weighted by molar-refractivity contribution is 0.264. The summed E-state index contributed by atoms with van der Waals surface area (Å²) in [7, 11) is 0. The monoisotopic (exact) mass is 138 g/mol. The highest BCUT2D eigenvalue weighted by Gasteiger charge is 2.67. The van der Waals surface area contributed by atoms with Gasteiger partial charge in [0.2, 0.25) is 0 Å². The molecule has 2 saturated carbocycles. The molecule has 58 valence electrons. The quantitative estimate of drug-likeness (QED) is 0.561. The summed E-state index contributed by atoms with van der Waals surface area (Å²) in [6.07, 6.45) is 7.50. The molecular formula is C10H18. The van der Waals surface area contributed by atoms with Gasteiger partial charge >= 0.3 is 0 Å². The van der Waals surface area contributed by atoms with Crippen molar-refractivity contribution in [2.75, 3.05) is 0 Å². The summed E-state index contributed by atoms with van der Waals surface area (Å²) < 4.78 is 0. The zero-order chi connectivity index (χ0) is 7.19. The first-order chi connectivity index (χ1) is 4.85. The largest absolute Gasteiger partial charge is 0.0654 e. The second-order valence-corrected chi connectivity index (χ2v) is 4.14. The molecule has 0 N–H and O–H groups in total. The summed E-state index contributed by atoms with van der Waals surface area (Å²) >= 11 is 0. The lowest BCUT2D eigenvalue weighted by Crippen LogP contribution is -2.13. The van der Waals surface area contributed by atoms with Gasteiger partial charge in [-0.1, -0.05) is 26.7 Å². The molecular weight excluding hydrogens is 120 g/mol. The highest BCUT2D eigenvalue weighted by Crippen LogP contribution is 2.75. The molecule has 0 amide bonds. The Bertz CT molecular complexity index is 139. The number of hydrogen-bond acceptors (Lipinski definition) is 0. The predicted molar refractivity (Wildman–Crippen MR) is 43.8 cm³/mol. The molecule has 0 nitrogen and oxygen atoms in total. The molecule has 3 atom stereocenters. The minimum atomic E-state index is 0.906. The van der Waals surface area contributed by atoms with E-state index in [4.69, 9.17) is 0 Å². The van der Waals surface area contributed by atoms with Crippen LogP contribution < -0.4 is 0 Å². The van der Waals surface area contributed by atoms with Crippen LogP contribution in [0.3, 0.4) is 0 Å². The third-order valence-electron chi connectivity index (χ3n) is 3.93. The summed E-state index contributed by atoms with van der Waals surface area (Å²) in [6, 6.07) is 0. The molecule has 10 heavy (non-hydrogen) atoms. The lowest BCUT2D eigenvalue weighted by atomic mass is 9.81. The fraction of sp³-hybridized carbons (Fsp3) is 1.00. The van der Waals surface area contributed by atoms with E-state index < -0.39 is 0 Å². The molecule has 0 aliphatic heterocycles. The van der Waals surface area contributed by atoms with Gasteiger partial charge in [-0.25, -0.2) is 0 Å². The highest BCUT2D eigenvalue weighted by molar-refractivity contribution is 5.16. The third kappa shape index (κ3) is 0.580.